The summed E-state index contributed by atoms with van der Waals surface area (Å²) in [4.78, 5) is 24.5. The Hall–Kier alpha value is -3.53. The van der Waals surface area contributed by atoms with Gasteiger partial charge < -0.3 is 19.5 Å². The molecule has 2 aromatic rings. The average Bonchev–Trinajstić information content (AvgIpc) is 2.67. The SMILES string of the molecule is C[C@@H](OC(=O)c1ccc2c(c1)OCCO2)C(=O)Nc1ccccc1C#N. The second kappa shape index (κ2) is 7.57. The third-order valence-corrected chi connectivity index (χ3v) is 3.74. The van der Waals surface area contributed by atoms with Crippen molar-refractivity contribution in [2.24, 2.45) is 0 Å². The molecule has 1 aliphatic heterocycles. The summed E-state index contributed by atoms with van der Waals surface area (Å²) in [7, 11) is 0. The third-order valence-electron chi connectivity index (χ3n) is 3.74. The fourth-order valence-corrected chi connectivity index (χ4v) is 2.38. The number of ether oxygens (including phenoxy) is 3. The topological polar surface area (TPSA) is 97.7 Å². The Bertz CT molecular complexity index is 888. The first-order valence-electron chi connectivity index (χ1n) is 7.99. The van der Waals surface area contributed by atoms with Gasteiger partial charge in [0.25, 0.3) is 5.91 Å². The average molecular weight is 352 g/mol. The van der Waals surface area contributed by atoms with Crippen molar-refractivity contribution in [3.63, 3.8) is 0 Å². The number of fused-ring (bicyclic) bond motifs is 1. The Morgan fingerprint density at radius 3 is 2.65 bits per heavy atom. The largest absolute Gasteiger partial charge is 0.486 e. The summed E-state index contributed by atoms with van der Waals surface area (Å²) in [6.07, 6.45) is -1.04. The standard InChI is InChI=1S/C19H16N2O5/c1-12(18(22)21-15-5-3-2-4-14(15)11-20)26-19(23)13-6-7-16-17(10-13)25-9-8-24-16/h2-7,10,12H,8-9H2,1H3,(H,21,22)/t12-/m1/s1. The molecule has 2 aromatic carbocycles. The van der Waals surface area contributed by atoms with Gasteiger partial charge in [-0.1, -0.05) is 12.1 Å². The van der Waals surface area contributed by atoms with Crippen molar-refractivity contribution in [2.75, 3.05) is 18.5 Å². The predicted molar refractivity (Wildman–Crippen MR) is 92.1 cm³/mol. The van der Waals surface area contributed by atoms with Gasteiger partial charge in [0.05, 0.1) is 16.8 Å². The lowest BCUT2D eigenvalue weighted by Crippen LogP contribution is -2.30. The van der Waals surface area contributed by atoms with Crippen LogP contribution in [0.4, 0.5) is 5.69 Å². The number of nitrogens with zero attached hydrogens (tertiary/aromatic N) is 1. The highest BCUT2D eigenvalue weighted by Gasteiger charge is 2.21. The van der Waals surface area contributed by atoms with Gasteiger partial charge in [-0.25, -0.2) is 4.79 Å². The van der Waals surface area contributed by atoms with Crippen LogP contribution in [0.15, 0.2) is 42.5 Å². The number of amides is 1. The molecule has 1 atom stereocenters. The quantitative estimate of drug-likeness (QED) is 0.849. The number of carbonyl (C=O) groups excluding carboxylic acids is 2. The highest BCUT2D eigenvalue weighted by atomic mass is 16.6. The van der Waals surface area contributed by atoms with Gasteiger partial charge in [0.1, 0.15) is 19.3 Å². The van der Waals surface area contributed by atoms with E-state index in [1.54, 1.807) is 36.4 Å². The summed E-state index contributed by atoms with van der Waals surface area (Å²) in [5.74, 6) is -0.158. The molecule has 0 saturated heterocycles. The number of anilines is 1. The number of benzene rings is 2. The Morgan fingerprint density at radius 1 is 1.15 bits per heavy atom. The van der Waals surface area contributed by atoms with E-state index in [0.717, 1.165) is 0 Å². The maximum Gasteiger partial charge on any atom is 0.339 e. The lowest BCUT2D eigenvalue weighted by atomic mass is 10.2. The van der Waals surface area contributed by atoms with E-state index >= 15 is 0 Å². The van der Waals surface area contributed by atoms with E-state index in [1.807, 2.05) is 6.07 Å². The first-order valence-corrected chi connectivity index (χ1v) is 7.99. The van der Waals surface area contributed by atoms with E-state index in [1.165, 1.54) is 13.0 Å². The molecule has 0 radical (unpaired) electrons. The van der Waals surface area contributed by atoms with Crippen molar-refractivity contribution in [3.8, 4) is 17.6 Å². The molecule has 0 aromatic heterocycles. The van der Waals surface area contributed by atoms with Crippen molar-refractivity contribution in [1.29, 1.82) is 5.26 Å². The second-order valence-corrected chi connectivity index (χ2v) is 5.55. The first kappa shape index (κ1) is 17.3. The molecule has 1 aliphatic rings. The van der Waals surface area contributed by atoms with E-state index in [4.69, 9.17) is 19.5 Å². The van der Waals surface area contributed by atoms with Crippen molar-refractivity contribution in [1.82, 2.24) is 0 Å². The number of esters is 1. The van der Waals surface area contributed by atoms with E-state index in [0.29, 0.717) is 36.0 Å². The number of nitrogens with one attached hydrogen (secondary N) is 1. The van der Waals surface area contributed by atoms with Crippen LogP contribution in [0.5, 0.6) is 11.5 Å². The van der Waals surface area contributed by atoms with Gasteiger partial charge in [-0.05, 0) is 37.3 Å². The van der Waals surface area contributed by atoms with Crippen molar-refractivity contribution < 1.29 is 23.8 Å². The van der Waals surface area contributed by atoms with Crippen LogP contribution < -0.4 is 14.8 Å². The minimum absolute atomic E-state index is 0.256. The van der Waals surface area contributed by atoms with Gasteiger partial charge >= 0.3 is 5.97 Å². The molecule has 0 spiro atoms. The summed E-state index contributed by atoms with van der Waals surface area (Å²) < 4.78 is 16.0. The summed E-state index contributed by atoms with van der Waals surface area (Å²) in [5, 5.41) is 11.6. The van der Waals surface area contributed by atoms with Gasteiger partial charge in [-0.3, -0.25) is 4.79 Å². The lowest BCUT2D eigenvalue weighted by molar-refractivity contribution is -0.123. The fourth-order valence-electron chi connectivity index (χ4n) is 2.38. The molecule has 26 heavy (non-hydrogen) atoms. The van der Waals surface area contributed by atoms with Crippen molar-refractivity contribution in [2.45, 2.75) is 13.0 Å². The van der Waals surface area contributed by atoms with Crippen LogP contribution >= 0.6 is 0 Å². The van der Waals surface area contributed by atoms with Crippen LogP contribution in [0.2, 0.25) is 0 Å². The van der Waals surface area contributed by atoms with Gasteiger partial charge in [0, 0.05) is 0 Å². The molecule has 0 fully saturated rings. The fraction of sp³-hybridized carbons (Fsp3) is 0.211. The maximum absolute atomic E-state index is 12.3. The Balaban J connectivity index is 1.65. The minimum atomic E-state index is -1.04. The molecular weight excluding hydrogens is 336 g/mol. The number of rotatable bonds is 4. The van der Waals surface area contributed by atoms with Gasteiger partial charge in [0.2, 0.25) is 0 Å². The molecule has 1 N–H and O–H groups in total. The summed E-state index contributed by atoms with van der Waals surface area (Å²) in [6, 6.07) is 13.3. The van der Waals surface area contributed by atoms with Crippen molar-refractivity contribution in [3.05, 3.63) is 53.6 Å². The van der Waals surface area contributed by atoms with Crippen LogP contribution in [0.3, 0.4) is 0 Å². The van der Waals surface area contributed by atoms with E-state index < -0.39 is 18.0 Å². The van der Waals surface area contributed by atoms with Crippen LogP contribution in [0.1, 0.15) is 22.8 Å². The molecule has 1 amide bonds. The zero-order valence-corrected chi connectivity index (χ0v) is 14.0. The Labute approximate surface area is 150 Å². The zero-order valence-electron chi connectivity index (χ0n) is 14.0. The summed E-state index contributed by atoms with van der Waals surface area (Å²) >= 11 is 0. The number of hydrogen-bond acceptors (Lipinski definition) is 6. The predicted octanol–water partition coefficient (Wildman–Crippen LogP) is 2.51. The summed E-state index contributed by atoms with van der Waals surface area (Å²) in [6.45, 7) is 2.32. The molecular formula is C19H16N2O5. The summed E-state index contributed by atoms with van der Waals surface area (Å²) in [5.41, 5.74) is 0.944. The second-order valence-electron chi connectivity index (χ2n) is 5.55. The molecule has 7 nitrogen and oxygen atoms in total. The minimum Gasteiger partial charge on any atom is -0.486 e. The maximum atomic E-state index is 12.3. The molecule has 7 heteroatoms. The Kier molecular flexibility index (Phi) is 5.04. The van der Waals surface area contributed by atoms with Crippen LogP contribution in [-0.4, -0.2) is 31.2 Å². The van der Waals surface area contributed by atoms with Crippen LogP contribution in [0.25, 0.3) is 0 Å². The Morgan fingerprint density at radius 2 is 1.88 bits per heavy atom. The monoisotopic (exact) mass is 352 g/mol. The zero-order chi connectivity index (χ0) is 18.5. The van der Waals surface area contributed by atoms with Gasteiger partial charge in [0.15, 0.2) is 17.6 Å². The highest BCUT2D eigenvalue weighted by Crippen LogP contribution is 2.31. The number of nitriles is 1. The van der Waals surface area contributed by atoms with Crippen molar-refractivity contribution >= 4 is 17.6 Å². The molecule has 0 unspecified atom stereocenters. The van der Waals surface area contributed by atoms with Crippen LogP contribution in [0, 0.1) is 11.3 Å². The van der Waals surface area contributed by atoms with Crippen LogP contribution in [-0.2, 0) is 9.53 Å². The van der Waals surface area contributed by atoms with E-state index in [9.17, 15) is 9.59 Å². The third kappa shape index (κ3) is 3.75. The van der Waals surface area contributed by atoms with E-state index in [-0.39, 0.29) is 5.56 Å². The van der Waals surface area contributed by atoms with Gasteiger partial charge in [-0.2, -0.15) is 5.26 Å². The number of carbonyl (C=O) groups is 2. The van der Waals surface area contributed by atoms with Gasteiger partial charge in [-0.15, -0.1) is 0 Å². The molecule has 0 saturated carbocycles. The number of para-hydroxylation sites is 1. The lowest BCUT2D eigenvalue weighted by Gasteiger charge is -2.19. The normalized spacial score (nSPS) is 13.2. The van der Waals surface area contributed by atoms with E-state index in [2.05, 4.69) is 5.32 Å². The molecule has 132 valence electrons. The first-order chi connectivity index (χ1) is 12.6. The smallest absolute Gasteiger partial charge is 0.339 e. The molecule has 3 rings (SSSR count). The molecule has 0 aliphatic carbocycles. The molecule has 1 heterocycles. The molecule has 0 bridgehead atoms. The highest BCUT2D eigenvalue weighted by molar-refractivity contribution is 5.98. The number of hydrogen-bond donors (Lipinski definition) is 1.